The van der Waals surface area contributed by atoms with Crippen LogP contribution in [0.3, 0.4) is 0 Å². The van der Waals surface area contributed by atoms with Crippen molar-refractivity contribution in [3.8, 4) is 22.8 Å². The van der Waals surface area contributed by atoms with Gasteiger partial charge in [-0.1, -0.05) is 13.8 Å². The molecular formula is C16H22N2O3. The molecule has 0 spiro atoms. The molecule has 1 aromatic heterocycles. The summed E-state index contributed by atoms with van der Waals surface area (Å²) in [6, 6.07) is 5.64. The second kappa shape index (κ2) is 7.13. The molecule has 0 radical (unpaired) electrons. The van der Waals surface area contributed by atoms with E-state index >= 15 is 0 Å². The van der Waals surface area contributed by atoms with Gasteiger partial charge in [0.1, 0.15) is 17.2 Å². The summed E-state index contributed by atoms with van der Waals surface area (Å²) in [6.45, 7) is 5.94. The van der Waals surface area contributed by atoms with Crippen molar-refractivity contribution >= 4 is 0 Å². The third-order valence-corrected chi connectivity index (χ3v) is 3.14. The maximum atomic E-state index is 5.55. The lowest BCUT2D eigenvalue weighted by molar-refractivity contribution is 0.394. The van der Waals surface area contributed by atoms with E-state index in [4.69, 9.17) is 13.9 Å². The highest BCUT2D eigenvalue weighted by atomic mass is 16.5. The second-order valence-corrected chi connectivity index (χ2v) is 5.22. The van der Waals surface area contributed by atoms with Gasteiger partial charge in [-0.05, 0) is 24.6 Å². The van der Waals surface area contributed by atoms with Crippen molar-refractivity contribution < 1.29 is 13.9 Å². The number of oxazole rings is 1. The molecule has 2 aromatic rings. The lowest BCUT2D eigenvalue weighted by Crippen LogP contribution is -2.19. The van der Waals surface area contributed by atoms with Crippen LogP contribution in [0.4, 0.5) is 0 Å². The lowest BCUT2D eigenvalue weighted by atomic mass is 10.1. The smallest absolute Gasteiger partial charge is 0.181 e. The molecule has 0 atom stereocenters. The third kappa shape index (κ3) is 3.76. The zero-order valence-corrected chi connectivity index (χ0v) is 13.0. The highest BCUT2D eigenvalue weighted by molar-refractivity contribution is 5.68. The molecule has 0 amide bonds. The molecule has 0 aliphatic heterocycles. The summed E-state index contributed by atoms with van der Waals surface area (Å²) in [7, 11) is 3.26. The van der Waals surface area contributed by atoms with E-state index in [1.54, 1.807) is 14.2 Å². The Bertz CT molecular complexity index is 579. The molecule has 0 aliphatic carbocycles. The first-order valence-electron chi connectivity index (χ1n) is 7.01. The standard InChI is InChI=1S/C16H22N2O3/c1-11(2)8-17-9-14-16(21-10-18-14)13-6-5-12(19-3)7-15(13)20-4/h5-7,10-11,17H,8-9H2,1-4H3. The summed E-state index contributed by atoms with van der Waals surface area (Å²) in [4.78, 5) is 4.29. The molecule has 1 heterocycles. The van der Waals surface area contributed by atoms with E-state index in [9.17, 15) is 0 Å². The highest BCUT2D eigenvalue weighted by Gasteiger charge is 2.16. The molecule has 1 N–H and O–H groups in total. The molecule has 114 valence electrons. The van der Waals surface area contributed by atoms with E-state index in [2.05, 4.69) is 24.1 Å². The van der Waals surface area contributed by atoms with Crippen LogP contribution in [0.15, 0.2) is 29.0 Å². The van der Waals surface area contributed by atoms with Gasteiger partial charge in [0, 0.05) is 12.6 Å². The Kier molecular flexibility index (Phi) is 5.22. The molecule has 5 heteroatoms. The SMILES string of the molecule is COc1ccc(-c2ocnc2CNCC(C)C)c(OC)c1. The van der Waals surface area contributed by atoms with E-state index < -0.39 is 0 Å². The fourth-order valence-electron chi connectivity index (χ4n) is 2.08. The normalized spacial score (nSPS) is 10.9. The first-order chi connectivity index (χ1) is 10.2. The number of aromatic nitrogens is 1. The molecule has 2 rings (SSSR count). The van der Waals surface area contributed by atoms with Gasteiger partial charge < -0.3 is 19.2 Å². The summed E-state index contributed by atoms with van der Waals surface area (Å²) in [5.41, 5.74) is 1.75. The van der Waals surface area contributed by atoms with Gasteiger partial charge in [0.15, 0.2) is 12.2 Å². The number of methoxy groups -OCH3 is 2. The average Bonchev–Trinajstić information content (AvgIpc) is 2.94. The summed E-state index contributed by atoms with van der Waals surface area (Å²) >= 11 is 0. The maximum absolute atomic E-state index is 5.55. The molecule has 0 aliphatic rings. The molecule has 5 nitrogen and oxygen atoms in total. The van der Waals surface area contributed by atoms with Crippen LogP contribution < -0.4 is 14.8 Å². The van der Waals surface area contributed by atoms with E-state index in [-0.39, 0.29) is 0 Å². The Morgan fingerprint density at radius 1 is 1.24 bits per heavy atom. The molecule has 0 saturated carbocycles. The van der Waals surface area contributed by atoms with E-state index in [1.165, 1.54) is 6.39 Å². The van der Waals surface area contributed by atoms with Gasteiger partial charge >= 0.3 is 0 Å². The zero-order valence-electron chi connectivity index (χ0n) is 13.0. The van der Waals surface area contributed by atoms with Crippen molar-refractivity contribution in [2.45, 2.75) is 20.4 Å². The number of nitrogens with one attached hydrogen (secondary N) is 1. The monoisotopic (exact) mass is 290 g/mol. The predicted molar refractivity (Wildman–Crippen MR) is 81.6 cm³/mol. The lowest BCUT2D eigenvalue weighted by Gasteiger charge is -2.10. The van der Waals surface area contributed by atoms with Gasteiger partial charge in [-0.15, -0.1) is 0 Å². The van der Waals surface area contributed by atoms with Crippen LogP contribution in [0.5, 0.6) is 11.5 Å². The first kappa shape index (κ1) is 15.4. The van der Waals surface area contributed by atoms with E-state index in [0.29, 0.717) is 18.2 Å². The Morgan fingerprint density at radius 2 is 2.05 bits per heavy atom. The Morgan fingerprint density at radius 3 is 2.71 bits per heavy atom. The summed E-state index contributed by atoms with van der Waals surface area (Å²) < 4.78 is 16.2. The number of rotatable bonds is 7. The second-order valence-electron chi connectivity index (χ2n) is 5.22. The quantitative estimate of drug-likeness (QED) is 0.849. The summed E-state index contributed by atoms with van der Waals surface area (Å²) in [5, 5.41) is 3.37. The van der Waals surface area contributed by atoms with Crippen LogP contribution >= 0.6 is 0 Å². The van der Waals surface area contributed by atoms with Crippen LogP contribution in [0, 0.1) is 5.92 Å². The summed E-state index contributed by atoms with van der Waals surface area (Å²) in [5.74, 6) is 2.77. The number of hydrogen-bond donors (Lipinski definition) is 1. The molecule has 0 unspecified atom stereocenters. The Balaban J connectivity index is 2.24. The number of ether oxygens (including phenoxy) is 2. The molecule has 0 fully saturated rings. The van der Waals surface area contributed by atoms with Gasteiger partial charge in [-0.3, -0.25) is 0 Å². The highest BCUT2D eigenvalue weighted by Crippen LogP contribution is 2.34. The van der Waals surface area contributed by atoms with Gasteiger partial charge in [0.2, 0.25) is 0 Å². The van der Waals surface area contributed by atoms with Gasteiger partial charge in [-0.25, -0.2) is 4.98 Å². The maximum Gasteiger partial charge on any atom is 0.181 e. The Labute approximate surface area is 125 Å². The van der Waals surface area contributed by atoms with Crippen molar-refractivity contribution in [3.63, 3.8) is 0 Å². The minimum atomic E-state index is 0.593. The fraction of sp³-hybridized carbons (Fsp3) is 0.438. The van der Waals surface area contributed by atoms with Gasteiger partial charge in [-0.2, -0.15) is 0 Å². The molecule has 1 aromatic carbocycles. The number of nitrogens with zero attached hydrogens (tertiary/aromatic N) is 1. The van der Waals surface area contributed by atoms with Crippen molar-refractivity contribution in [2.24, 2.45) is 5.92 Å². The van der Waals surface area contributed by atoms with Gasteiger partial charge in [0.05, 0.1) is 19.8 Å². The van der Waals surface area contributed by atoms with Crippen molar-refractivity contribution in [3.05, 3.63) is 30.3 Å². The van der Waals surface area contributed by atoms with Crippen molar-refractivity contribution in [2.75, 3.05) is 20.8 Å². The van der Waals surface area contributed by atoms with Crippen LogP contribution in [0.25, 0.3) is 11.3 Å². The molecule has 0 saturated heterocycles. The van der Waals surface area contributed by atoms with E-state index in [0.717, 1.165) is 29.3 Å². The molecule has 0 bridgehead atoms. The zero-order chi connectivity index (χ0) is 15.2. The van der Waals surface area contributed by atoms with E-state index in [1.807, 2.05) is 18.2 Å². The molecular weight excluding hydrogens is 268 g/mol. The van der Waals surface area contributed by atoms with Crippen LogP contribution in [0.1, 0.15) is 19.5 Å². The first-order valence-corrected chi connectivity index (χ1v) is 7.01. The Hall–Kier alpha value is -2.01. The fourth-order valence-corrected chi connectivity index (χ4v) is 2.08. The number of hydrogen-bond acceptors (Lipinski definition) is 5. The van der Waals surface area contributed by atoms with Crippen molar-refractivity contribution in [1.29, 1.82) is 0 Å². The molecule has 21 heavy (non-hydrogen) atoms. The average molecular weight is 290 g/mol. The third-order valence-electron chi connectivity index (χ3n) is 3.14. The van der Waals surface area contributed by atoms with Crippen LogP contribution in [-0.4, -0.2) is 25.7 Å². The van der Waals surface area contributed by atoms with Crippen molar-refractivity contribution in [1.82, 2.24) is 10.3 Å². The van der Waals surface area contributed by atoms with Crippen LogP contribution in [-0.2, 0) is 6.54 Å². The number of benzene rings is 1. The van der Waals surface area contributed by atoms with Crippen LogP contribution in [0.2, 0.25) is 0 Å². The minimum Gasteiger partial charge on any atom is -0.497 e. The largest absolute Gasteiger partial charge is 0.497 e. The minimum absolute atomic E-state index is 0.593. The summed E-state index contributed by atoms with van der Waals surface area (Å²) in [6.07, 6.45) is 1.46. The van der Waals surface area contributed by atoms with Gasteiger partial charge in [0.25, 0.3) is 0 Å². The predicted octanol–water partition coefficient (Wildman–Crippen LogP) is 3.10. The topological polar surface area (TPSA) is 56.5 Å².